The van der Waals surface area contributed by atoms with Crippen LogP contribution in [0.25, 0.3) is 20.8 Å². The highest BCUT2D eigenvalue weighted by atomic mass is 131. The Hall–Kier alpha value is -1.21. The summed E-state index contributed by atoms with van der Waals surface area (Å²) in [6.07, 6.45) is 0. The lowest BCUT2D eigenvalue weighted by Gasteiger charge is -2.13. The van der Waals surface area contributed by atoms with E-state index in [0.29, 0.717) is 0 Å². The number of anilines is 1. The van der Waals surface area contributed by atoms with E-state index in [1.165, 1.54) is 20.6 Å². The first-order chi connectivity index (χ1) is 9.54. The highest BCUT2D eigenvalue weighted by molar-refractivity contribution is 7.21. The fourth-order valence-electron chi connectivity index (χ4n) is 2.16. The van der Waals surface area contributed by atoms with E-state index in [1.54, 1.807) is 11.3 Å². The monoisotopic (exact) mass is 415 g/mol. The zero-order valence-corrected chi connectivity index (χ0v) is 15.6. The topological polar surface area (TPSA) is 19.1 Å². The summed E-state index contributed by atoms with van der Waals surface area (Å²) in [5.74, 6) is 0. The summed E-state index contributed by atoms with van der Waals surface area (Å²) in [6, 6.07) is 12.8. The van der Waals surface area contributed by atoms with Gasteiger partial charge in [-0.3, -0.25) is 0 Å². The molecule has 0 radical (unpaired) electrons. The van der Waals surface area contributed by atoms with Crippen molar-refractivity contribution in [3.8, 4) is 10.6 Å². The summed E-state index contributed by atoms with van der Waals surface area (Å²) in [5.41, 5.74) is 3.33. The van der Waals surface area contributed by atoms with Crippen LogP contribution >= 0.6 is 11.3 Å². The molecular formula is C16H18IN3S. The molecule has 110 valence electrons. The number of hydrogen-bond donors (Lipinski definition) is 0. The minimum atomic E-state index is 0. The zero-order chi connectivity index (χ0) is 14.3. The Bertz CT molecular complexity index is 819. The van der Waals surface area contributed by atoms with Gasteiger partial charge in [-0.15, -0.1) is 11.3 Å². The number of halogens is 1. The lowest BCUT2D eigenvalue weighted by molar-refractivity contribution is -0.00000410. The van der Waals surface area contributed by atoms with Crippen molar-refractivity contribution in [3.05, 3.63) is 41.8 Å². The van der Waals surface area contributed by atoms with Crippen molar-refractivity contribution in [2.45, 2.75) is 0 Å². The second-order valence-corrected chi connectivity index (χ2v) is 6.39. The van der Waals surface area contributed by atoms with Crippen molar-refractivity contribution in [2.24, 2.45) is 0 Å². The predicted molar refractivity (Wildman–Crippen MR) is 87.7 cm³/mol. The van der Waals surface area contributed by atoms with Crippen molar-refractivity contribution in [1.82, 2.24) is 9.56 Å². The Labute approximate surface area is 145 Å². The summed E-state index contributed by atoms with van der Waals surface area (Å²) < 4.78 is 3.34. The molecule has 1 aromatic rings. The number of fused-ring (bicyclic) bond motifs is 2. The molecule has 0 spiro atoms. The highest BCUT2D eigenvalue weighted by Gasteiger charge is 2.09. The van der Waals surface area contributed by atoms with Gasteiger partial charge in [0.05, 0.1) is 20.8 Å². The van der Waals surface area contributed by atoms with Gasteiger partial charge in [-0.1, -0.05) is 0 Å². The van der Waals surface area contributed by atoms with Gasteiger partial charge in [0.25, 0.3) is 0 Å². The van der Waals surface area contributed by atoms with Crippen LogP contribution in [0.3, 0.4) is 0 Å². The minimum absolute atomic E-state index is 0. The number of aromatic nitrogens is 1. The Morgan fingerprint density at radius 2 is 1.81 bits per heavy atom. The number of hydrogen-bond acceptors (Lipinski definition) is 3. The molecule has 0 bridgehead atoms. The van der Waals surface area contributed by atoms with Crippen molar-refractivity contribution in [2.75, 3.05) is 33.1 Å². The van der Waals surface area contributed by atoms with E-state index < -0.39 is 0 Å². The first-order valence-electron chi connectivity index (χ1n) is 6.57. The predicted octanol–water partition coefficient (Wildman–Crippen LogP) is -0.497. The minimum Gasteiger partial charge on any atom is -1.00 e. The van der Waals surface area contributed by atoms with Crippen molar-refractivity contribution >= 4 is 27.2 Å². The van der Waals surface area contributed by atoms with Gasteiger partial charge in [-0.05, 0) is 24.3 Å². The fraction of sp³-hybridized carbons (Fsp3) is 0.250. The van der Waals surface area contributed by atoms with E-state index in [9.17, 15) is 0 Å². The Kier molecular flexibility index (Phi) is 4.83. The van der Waals surface area contributed by atoms with Crippen molar-refractivity contribution < 1.29 is 24.0 Å². The first kappa shape index (κ1) is 16.2. The summed E-state index contributed by atoms with van der Waals surface area (Å²) in [4.78, 5) is 8.09. The van der Waals surface area contributed by atoms with E-state index in [-0.39, 0.29) is 24.0 Å². The summed E-state index contributed by atoms with van der Waals surface area (Å²) >= 11 is 1.80. The molecule has 0 N–H and O–H groups in total. The molecule has 0 aromatic heterocycles. The van der Waals surface area contributed by atoms with Gasteiger partial charge in [-0.25, -0.2) is 9.56 Å². The zero-order valence-electron chi connectivity index (χ0n) is 12.6. The number of nitrogens with zero attached hydrogens (tertiary/aromatic N) is 3. The maximum atomic E-state index is 4.75. The summed E-state index contributed by atoms with van der Waals surface area (Å²) in [6.45, 7) is 0. The van der Waals surface area contributed by atoms with Crippen molar-refractivity contribution in [1.29, 1.82) is 0 Å². The van der Waals surface area contributed by atoms with Gasteiger partial charge in [0.2, 0.25) is 5.36 Å². The van der Waals surface area contributed by atoms with Gasteiger partial charge in [0.15, 0.2) is 0 Å². The van der Waals surface area contributed by atoms with Crippen LogP contribution in [0.5, 0.6) is 0 Å². The molecule has 0 amide bonds. The molecule has 1 aliphatic heterocycles. The Morgan fingerprint density at radius 3 is 2.48 bits per heavy atom. The number of benzene rings is 2. The summed E-state index contributed by atoms with van der Waals surface area (Å²) in [5, 5.41) is 1.21. The van der Waals surface area contributed by atoms with E-state index in [0.717, 1.165) is 11.2 Å². The second kappa shape index (κ2) is 6.27. The van der Waals surface area contributed by atoms with Crippen LogP contribution in [0.4, 0.5) is 5.69 Å². The smallest absolute Gasteiger partial charge is 0.201 e. The molecule has 21 heavy (non-hydrogen) atoms. The third-order valence-electron chi connectivity index (χ3n) is 3.38. The maximum Gasteiger partial charge on any atom is 0.201 e. The molecule has 1 heterocycles. The van der Waals surface area contributed by atoms with Gasteiger partial charge in [0.1, 0.15) is 14.1 Å². The lowest BCUT2D eigenvalue weighted by Crippen LogP contribution is -3.00. The third kappa shape index (κ3) is 3.18. The van der Waals surface area contributed by atoms with Crippen LogP contribution in [0, 0.1) is 0 Å². The molecule has 3 nitrogen and oxygen atoms in total. The molecule has 1 aliphatic carbocycles. The fourth-order valence-corrected chi connectivity index (χ4v) is 3.19. The second-order valence-electron chi connectivity index (χ2n) is 5.31. The molecule has 1 aromatic carbocycles. The average molecular weight is 415 g/mol. The van der Waals surface area contributed by atoms with Crippen molar-refractivity contribution in [3.63, 3.8) is 0 Å². The van der Waals surface area contributed by atoms with E-state index in [2.05, 4.69) is 74.1 Å². The third-order valence-corrected chi connectivity index (χ3v) is 4.47. The van der Waals surface area contributed by atoms with Crippen LogP contribution in [0.1, 0.15) is 0 Å². The standard InChI is InChI=1S/C16H18N3S.HI/c1-18(2)11-5-7-13-15(9-11)20-16-10-12(19(3)4)6-8-14(16)17-13;/h5-10H,1-4H3;1H/q+1;/p-1/i;1+4. The van der Waals surface area contributed by atoms with Gasteiger partial charge in [0, 0.05) is 31.9 Å². The van der Waals surface area contributed by atoms with Crippen LogP contribution in [0.2, 0.25) is 0 Å². The SMILES string of the molecule is CN(C)c1ccc2nc3ccc(=[N+](C)C)cc-3sc2c1.[131I-]. The van der Waals surface area contributed by atoms with Crippen LogP contribution in [0.15, 0.2) is 36.4 Å². The van der Waals surface area contributed by atoms with Crippen LogP contribution < -0.4 is 38.8 Å². The molecule has 0 saturated heterocycles. The molecule has 0 atom stereocenters. The van der Waals surface area contributed by atoms with E-state index in [4.69, 9.17) is 4.98 Å². The Morgan fingerprint density at radius 1 is 1.05 bits per heavy atom. The number of rotatable bonds is 1. The maximum absolute atomic E-state index is 4.75. The molecular weight excluding hydrogens is 397 g/mol. The van der Waals surface area contributed by atoms with Crippen LogP contribution in [-0.4, -0.2) is 33.2 Å². The lowest BCUT2D eigenvalue weighted by atomic mass is 10.2. The van der Waals surface area contributed by atoms with E-state index >= 15 is 0 Å². The molecule has 3 rings (SSSR count). The quantitative estimate of drug-likeness (QED) is 0.304. The van der Waals surface area contributed by atoms with Gasteiger partial charge in [-0.2, -0.15) is 0 Å². The van der Waals surface area contributed by atoms with Crippen LogP contribution in [-0.2, 0) is 0 Å². The van der Waals surface area contributed by atoms with Gasteiger partial charge >= 0.3 is 0 Å². The molecule has 2 aliphatic rings. The molecule has 0 saturated carbocycles. The highest BCUT2D eigenvalue weighted by Crippen LogP contribution is 2.31. The molecule has 0 fully saturated rings. The largest absolute Gasteiger partial charge is 1.00 e. The Balaban J connectivity index is 0.00000161. The average Bonchev–Trinajstić information content (AvgIpc) is 2.43. The molecule has 0 unspecified atom stereocenters. The normalized spacial score (nSPS) is 10.5. The summed E-state index contributed by atoms with van der Waals surface area (Å²) in [7, 11) is 8.24. The molecule has 5 heteroatoms. The van der Waals surface area contributed by atoms with Gasteiger partial charge < -0.3 is 28.9 Å². The first-order valence-corrected chi connectivity index (χ1v) is 7.38. The van der Waals surface area contributed by atoms with E-state index in [1.807, 2.05) is 0 Å².